The minimum atomic E-state index is 0.0888. The van der Waals surface area contributed by atoms with Crippen molar-refractivity contribution in [2.24, 2.45) is 11.7 Å². The third kappa shape index (κ3) is 3.48. The second kappa shape index (κ2) is 6.07. The van der Waals surface area contributed by atoms with Crippen LogP contribution in [0.4, 0.5) is 5.69 Å². The first-order valence-electron chi connectivity index (χ1n) is 6.87. The molecule has 1 aromatic carbocycles. The molecular formula is C15H23BrN2. The third-order valence-electron chi connectivity index (χ3n) is 4.09. The van der Waals surface area contributed by atoms with Gasteiger partial charge in [0.05, 0.1) is 0 Å². The summed E-state index contributed by atoms with van der Waals surface area (Å²) >= 11 is 3.52. The van der Waals surface area contributed by atoms with Crippen molar-refractivity contribution in [2.75, 3.05) is 11.9 Å². The molecule has 3 heteroatoms. The Morgan fingerprint density at radius 3 is 2.94 bits per heavy atom. The number of halogens is 1. The van der Waals surface area contributed by atoms with E-state index in [0.29, 0.717) is 6.54 Å². The first kappa shape index (κ1) is 13.9. The van der Waals surface area contributed by atoms with Crippen LogP contribution in [0.3, 0.4) is 0 Å². The molecule has 3 N–H and O–H groups in total. The SMILES string of the molecule is CC1CCCC(CN)(Nc2cccc(Br)c2)CC1. The van der Waals surface area contributed by atoms with Crippen LogP contribution in [0.25, 0.3) is 0 Å². The summed E-state index contributed by atoms with van der Waals surface area (Å²) in [7, 11) is 0. The number of benzene rings is 1. The van der Waals surface area contributed by atoms with Crippen molar-refractivity contribution in [3.05, 3.63) is 28.7 Å². The molecule has 2 nitrogen and oxygen atoms in total. The highest BCUT2D eigenvalue weighted by molar-refractivity contribution is 9.10. The van der Waals surface area contributed by atoms with E-state index in [0.717, 1.165) is 10.4 Å². The lowest BCUT2D eigenvalue weighted by Crippen LogP contribution is -2.45. The number of nitrogens with one attached hydrogen (secondary N) is 1. The molecule has 1 saturated carbocycles. The summed E-state index contributed by atoms with van der Waals surface area (Å²) in [6.45, 7) is 3.07. The Kier molecular flexibility index (Phi) is 4.68. The fourth-order valence-electron chi connectivity index (χ4n) is 2.83. The molecule has 1 aromatic rings. The normalized spacial score (nSPS) is 28.7. The molecule has 0 amide bonds. The van der Waals surface area contributed by atoms with Gasteiger partial charge in [-0.2, -0.15) is 0 Å². The van der Waals surface area contributed by atoms with Crippen LogP contribution in [0.1, 0.15) is 39.0 Å². The van der Waals surface area contributed by atoms with Crippen LogP contribution in [-0.4, -0.2) is 12.1 Å². The predicted molar refractivity (Wildman–Crippen MR) is 81.8 cm³/mol. The van der Waals surface area contributed by atoms with Crippen molar-refractivity contribution in [1.29, 1.82) is 0 Å². The minimum absolute atomic E-state index is 0.0888. The van der Waals surface area contributed by atoms with Crippen LogP contribution in [0.2, 0.25) is 0 Å². The number of rotatable bonds is 3. The van der Waals surface area contributed by atoms with E-state index < -0.39 is 0 Å². The van der Waals surface area contributed by atoms with E-state index in [2.05, 4.69) is 52.4 Å². The molecule has 0 saturated heterocycles. The first-order valence-corrected chi connectivity index (χ1v) is 7.67. The zero-order valence-corrected chi connectivity index (χ0v) is 12.7. The molecule has 0 radical (unpaired) electrons. The van der Waals surface area contributed by atoms with Gasteiger partial charge in [0, 0.05) is 22.2 Å². The Bertz CT molecular complexity index is 394. The largest absolute Gasteiger partial charge is 0.378 e. The van der Waals surface area contributed by atoms with Crippen LogP contribution in [0.5, 0.6) is 0 Å². The highest BCUT2D eigenvalue weighted by Gasteiger charge is 2.30. The average Bonchev–Trinajstić information content (AvgIpc) is 2.53. The Morgan fingerprint density at radius 1 is 1.39 bits per heavy atom. The molecule has 1 fully saturated rings. The molecule has 0 bridgehead atoms. The van der Waals surface area contributed by atoms with Crippen molar-refractivity contribution in [2.45, 2.75) is 44.6 Å². The topological polar surface area (TPSA) is 38.0 Å². The maximum atomic E-state index is 6.06. The zero-order valence-electron chi connectivity index (χ0n) is 11.1. The van der Waals surface area contributed by atoms with E-state index in [9.17, 15) is 0 Å². The lowest BCUT2D eigenvalue weighted by atomic mass is 9.89. The van der Waals surface area contributed by atoms with Crippen molar-refractivity contribution >= 4 is 21.6 Å². The molecule has 2 atom stereocenters. The van der Waals surface area contributed by atoms with E-state index in [1.807, 2.05) is 0 Å². The number of hydrogen-bond donors (Lipinski definition) is 2. The minimum Gasteiger partial charge on any atom is -0.378 e. The second-order valence-corrected chi connectivity index (χ2v) is 6.57. The van der Waals surface area contributed by atoms with Crippen LogP contribution in [0, 0.1) is 5.92 Å². The van der Waals surface area contributed by atoms with Gasteiger partial charge >= 0.3 is 0 Å². The summed E-state index contributed by atoms with van der Waals surface area (Å²) in [6.07, 6.45) is 6.25. The van der Waals surface area contributed by atoms with E-state index in [4.69, 9.17) is 5.73 Å². The molecule has 1 aliphatic rings. The quantitative estimate of drug-likeness (QED) is 0.823. The molecule has 1 aliphatic carbocycles. The fourth-order valence-corrected chi connectivity index (χ4v) is 3.23. The van der Waals surface area contributed by atoms with Crippen LogP contribution < -0.4 is 11.1 Å². The summed E-state index contributed by atoms with van der Waals surface area (Å²) in [5, 5.41) is 3.69. The monoisotopic (exact) mass is 310 g/mol. The molecule has 100 valence electrons. The second-order valence-electron chi connectivity index (χ2n) is 5.66. The van der Waals surface area contributed by atoms with Gasteiger partial charge in [0.25, 0.3) is 0 Å². The van der Waals surface area contributed by atoms with E-state index >= 15 is 0 Å². The highest BCUT2D eigenvalue weighted by atomic mass is 79.9. The van der Waals surface area contributed by atoms with Gasteiger partial charge < -0.3 is 11.1 Å². The summed E-state index contributed by atoms with van der Waals surface area (Å²) in [4.78, 5) is 0. The van der Waals surface area contributed by atoms with Gasteiger partial charge in [-0.1, -0.05) is 41.8 Å². The Labute approximate surface area is 118 Å². The molecule has 2 rings (SSSR count). The Balaban J connectivity index is 2.12. The van der Waals surface area contributed by atoms with E-state index in [-0.39, 0.29) is 5.54 Å². The zero-order chi connectivity index (χ0) is 13.0. The average molecular weight is 311 g/mol. The van der Waals surface area contributed by atoms with Gasteiger partial charge in [-0.3, -0.25) is 0 Å². The molecule has 0 aromatic heterocycles. The van der Waals surface area contributed by atoms with Crippen molar-refractivity contribution < 1.29 is 0 Å². The first-order chi connectivity index (χ1) is 8.63. The van der Waals surface area contributed by atoms with E-state index in [1.165, 1.54) is 37.8 Å². The molecule has 2 unspecified atom stereocenters. The molecule has 18 heavy (non-hydrogen) atoms. The summed E-state index contributed by atoms with van der Waals surface area (Å²) in [5.41, 5.74) is 7.32. The lowest BCUT2D eigenvalue weighted by molar-refractivity contribution is 0.409. The smallest absolute Gasteiger partial charge is 0.0495 e. The van der Waals surface area contributed by atoms with Crippen molar-refractivity contribution in [3.63, 3.8) is 0 Å². The van der Waals surface area contributed by atoms with Gasteiger partial charge in [0.1, 0.15) is 0 Å². The number of anilines is 1. The Morgan fingerprint density at radius 2 is 2.22 bits per heavy atom. The third-order valence-corrected chi connectivity index (χ3v) is 4.59. The van der Waals surface area contributed by atoms with Crippen LogP contribution in [-0.2, 0) is 0 Å². The summed E-state index contributed by atoms with van der Waals surface area (Å²) in [6, 6.07) is 8.37. The van der Waals surface area contributed by atoms with E-state index in [1.54, 1.807) is 0 Å². The maximum absolute atomic E-state index is 6.06. The van der Waals surface area contributed by atoms with Gasteiger partial charge in [-0.25, -0.2) is 0 Å². The lowest BCUT2D eigenvalue weighted by Gasteiger charge is -2.34. The molecule has 0 spiro atoms. The number of hydrogen-bond acceptors (Lipinski definition) is 2. The number of nitrogens with two attached hydrogens (primary N) is 1. The van der Waals surface area contributed by atoms with Crippen LogP contribution in [0.15, 0.2) is 28.7 Å². The summed E-state index contributed by atoms with van der Waals surface area (Å²) < 4.78 is 1.11. The predicted octanol–water partition coefficient (Wildman–Crippen LogP) is 4.16. The van der Waals surface area contributed by atoms with Crippen molar-refractivity contribution in [3.8, 4) is 0 Å². The molecule has 0 heterocycles. The van der Waals surface area contributed by atoms with Gasteiger partial charge in [-0.15, -0.1) is 0 Å². The summed E-state index contributed by atoms with van der Waals surface area (Å²) in [5.74, 6) is 0.836. The standard InChI is InChI=1S/C15H23BrN2/c1-12-4-3-8-15(11-17,9-7-12)18-14-6-2-5-13(16)10-14/h2,5-6,10,12,18H,3-4,7-9,11,17H2,1H3. The van der Waals surface area contributed by atoms with Gasteiger partial charge in [-0.05, 0) is 43.4 Å². The fraction of sp³-hybridized carbons (Fsp3) is 0.600. The van der Waals surface area contributed by atoms with Crippen molar-refractivity contribution in [1.82, 2.24) is 0 Å². The van der Waals surface area contributed by atoms with Gasteiger partial charge in [0.2, 0.25) is 0 Å². The van der Waals surface area contributed by atoms with Gasteiger partial charge in [0.15, 0.2) is 0 Å². The molecular weight excluding hydrogens is 288 g/mol. The molecule has 0 aliphatic heterocycles. The van der Waals surface area contributed by atoms with Crippen LogP contribution >= 0.6 is 15.9 Å². The highest BCUT2D eigenvalue weighted by Crippen LogP contribution is 2.33. The maximum Gasteiger partial charge on any atom is 0.0495 e. The Hall–Kier alpha value is -0.540.